The van der Waals surface area contributed by atoms with Gasteiger partial charge in [-0.25, -0.2) is 8.78 Å². The minimum atomic E-state index is -0.566. The molecule has 1 atom stereocenters. The molecule has 0 spiro atoms. The van der Waals surface area contributed by atoms with Crippen LogP contribution in [0.25, 0.3) is 0 Å². The van der Waals surface area contributed by atoms with Gasteiger partial charge in [-0.3, -0.25) is 4.79 Å². The molecule has 0 bridgehead atoms. The molecule has 1 aromatic carbocycles. The van der Waals surface area contributed by atoms with Crippen LogP contribution in [0.15, 0.2) is 18.2 Å². The van der Waals surface area contributed by atoms with Gasteiger partial charge in [0.05, 0.1) is 0 Å². The fraction of sp³-hybridized carbons (Fsp3) is 0.533. The number of rotatable bonds is 4. The Morgan fingerprint density at radius 1 is 1.40 bits per heavy atom. The maximum absolute atomic E-state index is 13.5. The molecule has 1 N–H and O–H groups in total. The van der Waals surface area contributed by atoms with E-state index in [1.165, 1.54) is 12.1 Å². The van der Waals surface area contributed by atoms with Gasteiger partial charge in [-0.15, -0.1) is 0 Å². The molecule has 2 rings (SSSR count). The summed E-state index contributed by atoms with van der Waals surface area (Å²) in [6, 6.07) is 3.64. The van der Waals surface area contributed by atoms with Crippen molar-refractivity contribution in [2.24, 2.45) is 5.92 Å². The SMILES string of the molecule is O=C(CO)N1CCCC(CCc2ccc(F)cc2F)C1. The Morgan fingerprint density at radius 3 is 2.90 bits per heavy atom. The van der Waals surface area contributed by atoms with Crippen molar-refractivity contribution in [3.05, 3.63) is 35.4 Å². The highest BCUT2D eigenvalue weighted by Gasteiger charge is 2.23. The van der Waals surface area contributed by atoms with E-state index < -0.39 is 18.2 Å². The first-order chi connectivity index (χ1) is 9.60. The van der Waals surface area contributed by atoms with Crippen LogP contribution in [0.5, 0.6) is 0 Å². The summed E-state index contributed by atoms with van der Waals surface area (Å²) in [5.74, 6) is -1.01. The van der Waals surface area contributed by atoms with Crippen LogP contribution in [-0.4, -0.2) is 35.6 Å². The number of aryl methyl sites for hydroxylation is 1. The van der Waals surface area contributed by atoms with Crippen LogP contribution in [0.1, 0.15) is 24.8 Å². The van der Waals surface area contributed by atoms with Crippen LogP contribution < -0.4 is 0 Å². The van der Waals surface area contributed by atoms with Crippen LogP contribution in [0.4, 0.5) is 8.78 Å². The monoisotopic (exact) mass is 283 g/mol. The quantitative estimate of drug-likeness (QED) is 0.919. The van der Waals surface area contributed by atoms with Crippen molar-refractivity contribution in [3.63, 3.8) is 0 Å². The van der Waals surface area contributed by atoms with Gasteiger partial charge >= 0.3 is 0 Å². The van der Waals surface area contributed by atoms with Crippen molar-refractivity contribution in [3.8, 4) is 0 Å². The zero-order valence-electron chi connectivity index (χ0n) is 11.3. The van der Waals surface area contributed by atoms with Crippen LogP contribution in [0.2, 0.25) is 0 Å². The number of hydrogen-bond acceptors (Lipinski definition) is 2. The van der Waals surface area contributed by atoms with E-state index in [1.807, 2.05) is 0 Å². The van der Waals surface area contributed by atoms with Gasteiger partial charge in [0.1, 0.15) is 18.2 Å². The van der Waals surface area contributed by atoms with Crippen molar-refractivity contribution in [1.29, 1.82) is 0 Å². The number of benzene rings is 1. The third kappa shape index (κ3) is 3.76. The van der Waals surface area contributed by atoms with Gasteiger partial charge in [0, 0.05) is 19.2 Å². The highest BCUT2D eigenvalue weighted by atomic mass is 19.1. The summed E-state index contributed by atoms with van der Waals surface area (Å²) in [6.07, 6.45) is 3.20. The smallest absolute Gasteiger partial charge is 0.248 e. The standard InChI is InChI=1S/C15H19F2NO2/c16-13-6-5-12(14(17)8-13)4-3-11-2-1-7-18(9-11)15(20)10-19/h5-6,8,11,19H,1-4,7,9-10H2. The van der Waals surface area contributed by atoms with Gasteiger partial charge in [-0.1, -0.05) is 6.07 Å². The molecule has 1 unspecified atom stereocenters. The number of aliphatic hydroxyl groups excluding tert-OH is 1. The van der Waals surface area contributed by atoms with E-state index in [0.717, 1.165) is 25.3 Å². The Hall–Kier alpha value is -1.49. The lowest BCUT2D eigenvalue weighted by molar-refractivity contribution is -0.136. The first-order valence-electron chi connectivity index (χ1n) is 6.92. The number of carbonyl (C=O) groups is 1. The van der Waals surface area contributed by atoms with E-state index in [0.29, 0.717) is 31.0 Å². The molecule has 3 nitrogen and oxygen atoms in total. The zero-order valence-corrected chi connectivity index (χ0v) is 11.3. The lowest BCUT2D eigenvalue weighted by atomic mass is 9.91. The highest BCUT2D eigenvalue weighted by molar-refractivity contribution is 5.77. The molecular weight excluding hydrogens is 264 g/mol. The number of carbonyl (C=O) groups excluding carboxylic acids is 1. The molecule has 1 amide bonds. The Bertz CT molecular complexity index is 479. The molecule has 5 heteroatoms. The minimum absolute atomic E-state index is 0.248. The molecule has 1 aliphatic rings. The number of aliphatic hydroxyl groups is 1. The third-order valence-corrected chi connectivity index (χ3v) is 3.84. The Morgan fingerprint density at radius 2 is 2.20 bits per heavy atom. The minimum Gasteiger partial charge on any atom is -0.387 e. The van der Waals surface area contributed by atoms with E-state index in [4.69, 9.17) is 5.11 Å². The first-order valence-corrected chi connectivity index (χ1v) is 6.92. The van der Waals surface area contributed by atoms with Gasteiger partial charge in [0.15, 0.2) is 0 Å². The summed E-state index contributed by atoms with van der Waals surface area (Å²) in [4.78, 5) is 13.1. The second-order valence-corrected chi connectivity index (χ2v) is 5.28. The van der Waals surface area contributed by atoms with Crippen LogP contribution in [0.3, 0.4) is 0 Å². The molecule has 1 saturated heterocycles. The average Bonchev–Trinajstić information content (AvgIpc) is 2.46. The van der Waals surface area contributed by atoms with Crippen molar-refractivity contribution in [2.75, 3.05) is 19.7 Å². The van der Waals surface area contributed by atoms with Crippen LogP contribution in [-0.2, 0) is 11.2 Å². The molecule has 0 saturated carbocycles. The molecule has 1 aromatic rings. The Labute approximate surface area is 117 Å². The van der Waals surface area contributed by atoms with Gasteiger partial charge in [0.2, 0.25) is 5.91 Å². The molecule has 1 aliphatic heterocycles. The zero-order chi connectivity index (χ0) is 14.5. The van der Waals surface area contributed by atoms with E-state index >= 15 is 0 Å². The normalized spacial score (nSPS) is 19.1. The number of halogens is 2. The number of amides is 1. The first kappa shape index (κ1) is 14.9. The van der Waals surface area contributed by atoms with Crippen molar-refractivity contribution < 1.29 is 18.7 Å². The fourth-order valence-electron chi connectivity index (χ4n) is 2.71. The molecule has 0 radical (unpaired) electrons. The van der Waals surface area contributed by atoms with E-state index in [9.17, 15) is 13.6 Å². The topological polar surface area (TPSA) is 40.5 Å². The number of hydrogen-bond donors (Lipinski definition) is 1. The third-order valence-electron chi connectivity index (χ3n) is 3.84. The molecule has 1 fully saturated rings. The van der Waals surface area contributed by atoms with E-state index in [1.54, 1.807) is 4.90 Å². The number of likely N-dealkylation sites (tertiary alicyclic amines) is 1. The molecule has 110 valence electrons. The predicted octanol–water partition coefficient (Wildman–Crippen LogP) is 2.13. The van der Waals surface area contributed by atoms with Crippen LogP contribution >= 0.6 is 0 Å². The average molecular weight is 283 g/mol. The van der Waals surface area contributed by atoms with E-state index in [2.05, 4.69) is 0 Å². The van der Waals surface area contributed by atoms with Crippen molar-refractivity contribution in [1.82, 2.24) is 4.90 Å². The van der Waals surface area contributed by atoms with Crippen LogP contribution in [0, 0.1) is 17.6 Å². The summed E-state index contributed by atoms with van der Waals surface area (Å²) in [7, 11) is 0. The molecular formula is C15H19F2NO2. The number of nitrogens with zero attached hydrogens (tertiary/aromatic N) is 1. The second-order valence-electron chi connectivity index (χ2n) is 5.28. The maximum Gasteiger partial charge on any atom is 0.248 e. The summed E-state index contributed by atoms with van der Waals surface area (Å²) < 4.78 is 26.3. The van der Waals surface area contributed by atoms with Gasteiger partial charge in [-0.2, -0.15) is 0 Å². The summed E-state index contributed by atoms with van der Waals surface area (Å²) >= 11 is 0. The summed E-state index contributed by atoms with van der Waals surface area (Å²) in [6.45, 7) is 0.836. The van der Waals surface area contributed by atoms with Gasteiger partial charge < -0.3 is 10.0 Å². The fourth-order valence-corrected chi connectivity index (χ4v) is 2.71. The van der Waals surface area contributed by atoms with Crippen molar-refractivity contribution in [2.45, 2.75) is 25.7 Å². The molecule has 0 aliphatic carbocycles. The number of piperidine rings is 1. The largest absolute Gasteiger partial charge is 0.387 e. The Kier molecular flexibility index (Phi) is 5.06. The summed E-state index contributed by atoms with van der Waals surface area (Å²) in [5, 5.41) is 8.87. The lowest BCUT2D eigenvalue weighted by Crippen LogP contribution is -2.41. The Balaban J connectivity index is 1.88. The summed E-state index contributed by atoms with van der Waals surface area (Å²) in [5.41, 5.74) is 0.511. The molecule has 1 heterocycles. The van der Waals surface area contributed by atoms with E-state index in [-0.39, 0.29) is 5.91 Å². The predicted molar refractivity (Wildman–Crippen MR) is 71.1 cm³/mol. The highest BCUT2D eigenvalue weighted by Crippen LogP contribution is 2.22. The lowest BCUT2D eigenvalue weighted by Gasteiger charge is -2.32. The van der Waals surface area contributed by atoms with Gasteiger partial charge in [0.25, 0.3) is 0 Å². The van der Waals surface area contributed by atoms with Crippen molar-refractivity contribution >= 4 is 5.91 Å². The second kappa shape index (κ2) is 6.79. The van der Waals surface area contributed by atoms with Gasteiger partial charge in [-0.05, 0) is 43.2 Å². The molecule has 0 aromatic heterocycles. The maximum atomic E-state index is 13.5. The molecule has 20 heavy (non-hydrogen) atoms.